The summed E-state index contributed by atoms with van der Waals surface area (Å²) in [6.45, 7) is 2.89. The van der Waals surface area contributed by atoms with Gasteiger partial charge in [0.2, 0.25) is 5.01 Å². The minimum absolute atomic E-state index is 0.366. The first-order valence-corrected chi connectivity index (χ1v) is 5.43. The maximum Gasteiger partial charge on any atom is 0.367 e. The molecule has 1 aliphatic heterocycles. The number of hydrogen-bond acceptors (Lipinski definition) is 6. The van der Waals surface area contributed by atoms with Gasteiger partial charge in [-0.3, -0.25) is 0 Å². The van der Waals surface area contributed by atoms with Gasteiger partial charge in [-0.05, 0) is 6.92 Å². The number of thiazole rings is 1. The Morgan fingerprint density at radius 2 is 2.53 bits per heavy atom. The number of aliphatic imine (C=N–C) groups is 1. The number of nitrogens with zero attached hydrogens (tertiary/aromatic N) is 3. The standard InChI is InChI=1S/C9H11N3O2S/c1-3-14-9(13)8-11-7-6(15-8)4-12(2)5-10-7/h5H,3-4H2,1-2H3. The molecule has 15 heavy (non-hydrogen) atoms. The lowest BCUT2D eigenvalue weighted by molar-refractivity contribution is 0.0526. The van der Waals surface area contributed by atoms with Crippen molar-refractivity contribution < 1.29 is 9.53 Å². The molecule has 80 valence electrons. The van der Waals surface area contributed by atoms with Crippen molar-refractivity contribution in [2.24, 2.45) is 4.99 Å². The van der Waals surface area contributed by atoms with Crippen molar-refractivity contribution in [2.45, 2.75) is 13.5 Å². The summed E-state index contributed by atoms with van der Waals surface area (Å²) in [4.78, 5) is 22.6. The highest BCUT2D eigenvalue weighted by Gasteiger charge is 2.19. The molecule has 1 aromatic heterocycles. The number of aromatic nitrogens is 1. The number of hydrogen-bond donors (Lipinski definition) is 0. The minimum Gasteiger partial charge on any atom is -0.461 e. The van der Waals surface area contributed by atoms with Crippen LogP contribution in [0.1, 0.15) is 21.6 Å². The van der Waals surface area contributed by atoms with Gasteiger partial charge in [0.05, 0.1) is 24.4 Å². The molecule has 0 fully saturated rings. The van der Waals surface area contributed by atoms with Gasteiger partial charge in [0.1, 0.15) is 0 Å². The van der Waals surface area contributed by atoms with Crippen molar-refractivity contribution >= 4 is 29.5 Å². The van der Waals surface area contributed by atoms with E-state index in [-0.39, 0.29) is 5.97 Å². The molecule has 0 unspecified atom stereocenters. The molecule has 0 saturated heterocycles. The van der Waals surface area contributed by atoms with Crippen molar-refractivity contribution in [3.8, 4) is 0 Å². The summed E-state index contributed by atoms with van der Waals surface area (Å²) in [5, 5.41) is 0.384. The number of carbonyl (C=O) groups is 1. The first-order valence-electron chi connectivity index (χ1n) is 4.62. The van der Waals surface area contributed by atoms with Crippen LogP contribution in [0.15, 0.2) is 4.99 Å². The maximum atomic E-state index is 11.4. The van der Waals surface area contributed by atoms with E-state index in [0.717, 1.165) is 11.4 Å². The van der Waals surface area contributed by atoms with Gasteiger partial charge in [-0.25, -0.2) is 14.8 Å². The first-order chi connectivity index (χ1) is 7.20. The average Bonchev–Trinajstić information content (AvgIpc) is 2.60. The molecule has 0 atom stereocenters. The fraction of sp³-hybridized carbons (Fsp3) is 0.444. The van der Waals surface area contributed by atoms with Crippen LogP contribution in [-0.4, -0.2) is 35.8 Å². The van der Waals surface area contributed by atoms with Gasteiger partial charge in [0.25, 0.3) is 0 Å². The molecule has 0 amide bonds. The molecule has 0 aliphatic carbocycles. The fourth-order valence-electron chi connectivity index (χ4n) is 1.25. The Labute approximate surface area is 91.4 Å². The second-order valence-corrected chi connectivity index (χ2v) is 4.23. The molecular formula is C9H11N3O2S. The lowest BCUT2D eigenvalue weighted by Crippen LogP contribution is -2.17. The highest BCUT2D eigenvalue weighted by Crippen LogP contribution is 2.29. The summed E-state index contributed by atoms with van der Waals surface area (Å²) >= 11 is 1.35. The van der Waals surface area contributed by atoms with Gasteiger partial charge >= 0.3 is 5.97 Å². The smallest absolute Gasteiger partial charge is 0.367 e. The van der Waals surface area contributed by atoms with Crippen molar-refractivity contribution in [3.63, 3.8) is 0 Å². The van der Waals surface area contributed by atoms with E-state index in [0.29, 0.717) is 17.4 Å². The second-order valence-electron chi connectivity index (χ2n) is 3.15. The van der Waals surface area contributed by atoms with Gasteiger partial charge < -0.3 is 9.64 Å². The lowest BCUT2D eigenvalue weighted by atomic mass is 10.4. The Hall–Kier alpha value is -1.43. The second kappa shape index (κ2) is 3.98. The van der Waals surface area contributed by atoms with E-state index in [9.17, 15) is 4.79 Å². The zero-order valence-corrected chi connectivity index (χ0v) is 9.37. The zero-order chi connectivity index (χ0) is 10.8. The van der Waals surface area contributed by atoms with Crippen LogP contribution in [0, 0.1) is 0 Å². The van der Waals surface area contributed by atoms with E-state index in [1.807, 2.05) is 11.9 Å². The topological polar surface area (TPSA) is 54.8 Å². The normalized spacial score (nSPS) is 13.9. The predicted molar refractivity (Wildman–Crippen MR) is 57.7 cm³/mol. The maximum absolute atomic E-state index is 11.4. The Bertz CT molecular complexity index is 413. The number of carbonyl (C=O) groups excluding carboxylic acids is 1. The molecule has 1 aliphatic rings. The van der Waals surface area contributed by atoms with E-state index in [1.54, 1.807) is 13.3 Å². The number of ether oxygens (including phenoxy) is 1. The Morgan fingerprint density at radius 1 is 1.73 bits per heavy atom. The van der Waals surface area contributed by atoms with Gasteiger partial charge in [0.15, 0.2) is 5.82 Å². The van der Waals surface area contributed by atoms with Gasteiger partial charge in [-0.2, -0.15) is 0 Å². The van der Waals surface area contributed by atoms with Crippen LogP contribution < -0.4 is 0 Å². The molecular weight excluding hydrogens is 214 g/mol. The molecule has 0 radical (unpaired) electrons. The molecule has 6 heteroatoms. The molecule has 2 heterocycles. The summed E-state index contributed by atoms with van der Waals surface area (Å²) < 4.78 is 4.88. The molecule has 0 bridgehead atoms. The zero-order valence-electron chi connectivity index (χ0n) is 8.56. The molecule has 0 N–H and O–H groups in total. The van der Waals surface area contributed by atoms with Crippen LogP contribution in [0.2, 0.25) is 0 Å². The summed E-state index contributed by atoms with van der Waals surface area (Å²) in [6.07, 6.45) is 1.71. The molecule has 1 aromatic rings. The van der Waals surface area contributed by atoms with E-state index in [1.165, 1.54) is 11.3 Å². The highest BCUT2D eigenvalue weighted by molar-refractivity contribution is 7.14. The van der Waals surface area contributed by atoms with E-state index in [2.05, 4.69) is 9.98 Å². The summed E-state index contributed by atoms with van der Waals surface area (Å²) in [5.41, 5.74) is 0. The van der Waals surface area contributed by atoms with Crippen LogP contribution in [0.25, 0.3) is 0 Å². The lowest BCUT2D eigenvalue weighted by Gasteiger charge is -2.14. The van der Waals surface area contributed by atoms with E-state index in [4.69, 9.17) is 4.74 Å². The SMILES string of the molecule is CCOC(=O)c1nc2c(s1)CN(C)C=N2. The van der Waals surface area contributed by atoms with Crippen LogP contribution in [0.4, 0.5) is 5.82 Å². The van der Waals surface area contributed by atoms with Crippen molar-refractivity contribution in [2.75, 3.05) is 13.7 Å². The molecule has 0 saturated carbocycles. The third-order valence-electron chi connectivity index (χ3n) is 1.90. The van der Waals surface area contributed by atoms with E-state index >= 15 is 0 Å². The third-order valence-corrected chi connectivity index (χ3v) is 2.91. The van der Waals surface area contributed by atoms with Crippen LogP contribution in [-0.2, 0) is 11.3 Å². The number of esters is 1. The van der Waals surface area contributed by atoms with Gasteiger partial charge in [-0.15, -0.1) is 11.3 Å². The van der Waals surface area contributed by atoms with Crippen molar-refractivity contribution in [3.05, 3.63) is 9.88 Å². The number of rotatable bonds is 2. The average molecular weight is 225 g/mol. The molecule has 5 nitrogen and oxygen atoms in total. The highest BCUT2D eigenvalue weighted by atomic mass is 32.1. The summed E-state index contributed by atoms with van der Waals surface area (Å²) in [7, 11) is 1.93. The largest absolute Gasteiger partial charge is 0.461 e. The van der Waals surface area contributed by atoms with Crippen molar-refractivity contribution in [1.82, 2.24) is 9.88 Å². The van der Waals surface area contributed by atoms with E-state index < -0.39 is 0 Å². The van der Waals surface area contributed by atoms with Crippen molar-refractivity contribution in [1.29, 1.82) is 0 Å². The summed E-state index contributed by atoms with van der Waals surface area (Å²) in [6, 6.07) is 0. The fourth-order valence-corrected chi connectivity index (χ4v) is 2.21. The summed E-state index contributed by atoms with van der Waals surface area (Å²) in [5.74, 6) is 0.274. The first kappa shape index (κ1) is 10.1. The van der Waals surface area contributed by atoms with Gasteiger partial charge in [-0.1, -0.05) is 0 Å². The molecule has 0 spiro atoms. The van der Waals surface area contributed by atoms with Crippen LogP contribution in [0.5, 0.6) is 0 Å². The minimum atomic E-state index is -0.366. The van der Waals surface area contributed by atoms with Gasteiger partial charge in [0, 0.05) is 7.05 Å². The monoisotopic (exact) mass is 225 g/mol. The third kappa shape index (κ3) is 1.99. The predicted octanol–water partition coefficient (Wildman–Crippen LogP) is 1.43. The van der Waals surface area contributed by atoms with Crippen LogP contribution >= 0.6 is 11.3 Å². The molecule has 0 aromatic carbocycles. The Balaban J connectivity index is 2.24. The Morgan fingerprint density at radius 3 is 3.27 bits per heavy atom. The Kier molecular flexibility index (Phi) is 2.68. The molecule has 2 rings (SSSR count). The van der Waals surface area contributed by atoms with Crippen LogP contribution in [0.3, 0.4) is 0 Å². The quantitative estimate of drug-likeness (QED) is 0.714. The number of fused-ring (bicyclic) bond motifs is 1.